The van der Waals surface area contributed by atoms with Crippen molar-refractivity contribution < 1.29 is 0 Å². The summed E-state index contributed by atoms with van der Waals surface area (Å²) in [7, 11) is 0. The molecule has 0 aliphatic rings. The summed E-state index contributed by atoms with van der Waals surface area (Å²) in [6.07, 6.45) is 1.94. The van der Waals surface area contributed by atoms with Crippen molar-refractivity contribution in [2.75, 3.05) is 0 Å². The van der Waals surface area contributed by atoms with Crippen molar-refractivity contribution in [1.82, 2.24) is 9.97 Å². The molecule has 3 heteroatoms. The maximum absolute atomic E-state index is 5.38. The number of hydrogen-bond donors (Lipinski definition) is 0. The van der Waals surface area contributed by atoms with Gasteiger partial charge in [0, 0.05) is 36.5 Å². The third-order valence-electron chi connectivity index (χ3n) is 9.70. The van der Waals surface area contributed by atoms with Gasteiger partial charge in [-0.25, -0.2) is 4.98 Å². The molecule has 0 saturated carbocycles. The second-order valence-corrected chi connectivity index (χ2v) is 13.6. The second-order valence-electron chi connectivity index (χ2n) is 12.6. The quantitative estimate of drug-likeness (QED) is 0.179. The van der Waals surface area contributed by atoms with Crippen LogP contribution in [0.15, 0.2) is 170 Å². The zero-order valence-corrected chi connectivity index (χ0v) is 27.3. The largest absolute Gasteiger partial charge is 0.252 e. The van der Waals surface area contributed by atoms with Crippen LogP contribution in [0.5, 0.6) is 0 Å². The summed E-state index contributed by atoms with van der Waals surface area (Å²) in [6.45, 7) is 0. The molecule has 0 unspecified atom stereocenters. The lowest BCUT2D eigenvalue weighted by Gasteiger charge is -2.14. The van der Waals surface area contributed by atoms with Crippen molar-refractivity contribution >= 4 is 64.1 Å². The summed E-state index contributed by atoms with van der Waals surface area (Å²) >= 11 is 1.86. The summed E-state index contributed by atoms with van der Waals surface area (Å²) in [6, 6.07) is 58.7. The molecule has 0 bridgehead atoms. The number of benzene rings is 8. The Morgan fingerprint density at radius 3 is 1.69 bits per heavy atom. The molecule has 0 aliphatic heterocycles. The van der Waals surface area contributed by atoms with Crippen molar-refractivity contribution in [3.63, 3.8) is 0 Å². The summed E-state index contributed by atoms with van der Waals surface area (Å²) in [4.78, 5) is 10.5. The molecule has 2 nitrogen and oxygen atoms in total. The average molecular weight is 641 g/mol. The van der Waals surface area contributed by atoms with Gasteiger partial charge < -0.3 is 0 Å². The molecule has 0 amide bonds. The van der Waals surface area contributed by atoms with E-state index in [4.69, 9.17) is 9.97 Å². The lowest BCUT2D eigenvalue weighted by atomic mass is 9.93. The first-order valence-electron chi connectivity index (χ1n) is 16.6. The zero-order valence-electron chi connectivity index (χ0n) is 26.5. The van der Waals surface area contributed by atoms with Crippen LogP contribution in [0.1, 0.15) is 0 Å². The van der Waals surface area contributed by atoms with Crippen LogP contribution < -0.4 is 0 Å². The number of nitrogens with zero attached hydrogens (tertiary/aromatic N) is 2. The van der Waals surface area contributed by atoms with E-state index in [9.17, 15) is 0 Å². The van der Waals surface area contributed by atoms with Gasteiger partial charge >= 0.3 is 0 Å². The van der Waals surface area contributed by atoms with Crippen LogP contribution in [0.25, 0.3) is 97.4 Å². The Bertz CT molecular complexity index is 2870. The SMILES string of the molecule is c1ccc(-c2ccc3c(c2)c2cc(-c4ccccc4)ccc2c2nc(-c4cccc(-c5cccc6c5sc5ccccc56)c4)cnc32)cc1. The highest BCUT2D eigenvalue weighted by atomic mass is 32.1. The van der Waals surface area contributed by atoms with E-state index >= 15 is 0 Å². The molecule has 10 aromatic rings. The molecule has 49 heavy (non-hydrogen) atoms. The van der Waals surface area contributed by atoms with E-state index in [0.29, 0.717) is 0 Å². The molecule has 8 aromatic carbocycles. The number of rotatable bonds is 4. The summed E-state index contributed by atoms with van der Waals surface area (Å²) in [5.74, 6) is 0. The lowest BCUT2D eigenvalue weighted by molar-refractivity contribution is 1.31. The van der Waals surface area contributed by atoms with Gasteiger partial charge in [0.25, 0.3) is 0 Å². The standard InChI is InChI=1S/C46H28N2S/c1-3-11-29(12-4-1)31-21-23-37-40(26-31)41-27-32(30-13-5-2-6-14-30)22-24-38(41)45-44(37)47-28-42(48-45)34-16-9-15-33(25-34)35-18-10-19-39-36-17-7-8-20-43(36)49-46(35)39/h1-28H. The van der Waals surface area contributed by atoms with E-state index in [1.807, 2.05) is 17.5 Å². The van der Waals surface area contributed by atoms with Crippen LogP contribution in [0, 0.1) is 0 Å². The molecule has 0 aliphatic carbocycles. The van der Waals surface area contributed by atoms with Crippen LogP contribution in [0.2, 0.25) is 0 Å². The third-order valence-corrected chi connectivity index (χ3v) is 10.9. The number of thiophene rings is 1. The van der Waals surface area contributed by atoms with Crippen LogP contribution in [0.3, 0.4) is 0 Å². The van der Waals surface area contributed by atoms with Gasteiger partial charge in [-0.15, -0.1) is 11.3 Å². The highest BCUT2D eigenvalue weighted by Gasteiger charge is 2.16. The molecule has 0 N–H and O–H groups in total. The first-order chi connectivity index (χ1) is 24.3. The van der Waals surface area contributed by atoms with Gasteiger partial charge in [0.05, 0.1) is 22.9 Å². The van der Waals surface area contributed by atoms with Gasteiger partial charge in [0.2, 0.25) is 0 Å². The molecule has 0 radical (unpaired) electrons. The fourth-order valence-corrected chi connectivity index (χ4v) is 8.54. The van der Waals surface area contributed by atoms with Gasteiger partial charge in [-0.3, -0.25) is 4.98 Å². The molecule has 0 spiro atoms. The molecule has 0 atom stereocenters. The first kappa shape index (κ1) is 27.9. The highest BCUT2D eigenvalue weighted by molar-refractivity contribution is 7.26. The molecule has 10 rings (SSSR count). The predicted octanol–water partition coefficient (Wildman–Crippen LogP) is 13.0. The number of hydrogen-bond acceptors (Lipinski definition) is 3. The minimum absolute atomic E-state index is 0.867. The van der Waals surface area contributed by atoms with E-state index in [1.54, 1.807) is 0 Å². The fourth-order valence-electron chi connectivity index (χ4n) is 7.30. The Kier molecular flexibility index (Phi) is 6.39. The molecule has 0 fully saturated rings. The van der Waals surface area contributed by atoms with Crippen molar-refractivity contribution in [3.05, 3.63) is 170 Å². The van der Waals surface area contributed by atoms with Crippen molar-refractivity contribution in [2.24, 2.45) is 0 Å². The summed E-state index contributed by atoms with van der Waals surface area (Å²) < 4.78 is 2.62. The Morgan fingerprint density at radius 1 is 0.367 bits per heavy atom. The molecule has 0 saturated heterocycles. The third kappa shape index (κ3) is 4.62. The van der Waals surface area contributed by atoms with E-state index in [-0.39, 0.29) is 0 Å². The van der Waals surface area contributed by atoms with Crippen LogP contribution in [-0.2, 0) is 0 Å². The van der Waals surface area contributed by atoms with E-state index < -0.39 is 0 Å². The minimum Gasteiger partial charge on any atom is -0.252 e. The van der Waals surface area contributed by atoms with Crippen molar-refractivity contribution in [1.29, 1.82) is 0 Å². The second kappa shape index (κ2) is 11.2. The Balaban J connectivity index is 1.18. The van der Waals surface area contributed by atoms with E-state index in [2.05, 4.69) is 164 Å². The average Bonchev–Trinajstić information content (AvgIpc) is 3.57. The van der Waals surface area contributed by atoms with Gasteiger partial charge in [0.15, 0.2) is 0 Å². The maximum atomic E-state index is 5.38. The van der Waals surface area contributed by atoms with Crippen LogP contribution in [0.4, 0.5) is 0 Å². The van der Waals surface area contributed by atoms with Gasteiger partial charge in [0.1, 0.15) is 0 Å². The van der Waals surface area contributed by atoms with E-state index in [1.165, 1.54) is 64.3 Å². The zero-order chi connectivity index (χ0) is 32.3. The Labute approximate surface area is 287 Å². The van der Waals surface area contributed by atoms with Crippen molar-refractivity contribution in [3.8, 4) is 44.6 Å². The lowest BCUT2D eigenvalue weighted by Crippen LogP contribution is -1.93. The van der Waals surface area contributed by atoms with Gasteiger partial charge in [-0.05, 0) is 68.4 Å². The number of aromatic nitrogens is 2. The fraction of sp³-hybridized carbons (Fsp3) is 0. The number of fused-ring (bicyclic) bond motifs is 9. The van der Waals surface area contributed by atoms with Crippen molar-refractivity contribution in [2.45, 2.75) is 0 Å². The van der Waals surface area contributed by atoms with Gasteiger partial charge in [-0.1, -0.05) is 140 Å². The normalized spacial score (nSPS) is 11.7. The smallest absolute Gasteiger partial charge is 0.0979 e. The molecule has 2 aromatic heterocycles. The highest BCUT2D eigenvalue weighted by Crippen LogP contribution is 2.41. The minimum atomic E-state index is 0.867. The predicted molar refractivity (Wildman–Crippen MR) is 209 cm³/mol. The molecule has 228 valence electrons. The van der Waals surface area contributed by atoms with Gasteiger partial charge in [-0.2, -0.15) is 0 Å². The molecular formula is C46H28N2S. The topological polar surface area (TPSA) is 25.8 Å². The Hall–Kier alpha value is -6.16. The summed E-state index contributed by atoms with van der Waals surface area (Å²) in [5.41, 5.74) is 11.0. The molecular weight excluding hydrogens is 613 g/mol. The van der Waals surface area contributed by atoms with Crippen LogP contribution >= 0.6 is 11.3 Å². The summed E-state index contributed by atoms with van der Waals surface area (Å²) in [5, 5.41) is 7.19. The maximum Gasteiger partial charge on any atom is 0.0979 e. The monoisotopic (exact) mass is 640 g/mol. The first-order valence-corrected chi connectivity index (χ1v) is 17.4. The molecule has 2 heterocycles. The van der Waals surface area contributed by atoms with Crippen LogP contribution in [-0.4, -0.2) is 9.97 Å². The Morgan fingerprint density at radius 2 is 0.959 bits per heavy atom. The van der Waals surface area contributed by atoms with E-state index in [0.717, 1.165) is 33.1 Å².